The van der Waals surface area contributed by atoms with Crippen LogP contribution in [0.4, 0.5) is 0 Å². The van der Waals surface area contributed by atoms with Gasteiger partial charge in [0.15, 0.2) is 5.96 Å². The first kappa shape index (κ1) is 23.6. The van der Waals surface area contributed by atoms with Crippen LogP contribution in [0.2, 0.25) is 0 Å². The lowest BCUT2D eigenvalue weighted by Crippen LogP contribution is -2.49. The minimum absolute atomic E-state index is 0. The van der Waals surface area contributed by atoms with E-state index in [4.69, 9.17) is 4.74 Å². The van der Waals surface area contributed by atoms with E-state index < -0.39 is 0 Å². The number of rotatable bonds is 8. The number of likely N-dealkylation sites (tertiary alicyclic amines) is 1. The van der Waals surface area contributed by atoms with Crippen LogP contribution >= 0.6 is 24.0 Å². The summed E-state index contributed by atoms with van der Waals surface area (Å²) in [6, 6.07) is 21.4. The highest BCUT2D eigenvalue weighted by molar-refractivity contribution is 14.0. The maximum atomic E-state index is 5.72. The van der Waals surface area contributed by atoms with Gasteiger partial charge in [0, 0.05) is 39.3 Å². The summed E-state index contributed by atoms with van der Waals surface area (Å²) >= 11 is 0. The van der Waals surface area contributed by atoms with Crippen LogP contribution in [0.1, 0.15) is 24.0 Å². The number of guanidine groups is 1. The van der Waals surface area contributed by atoms with Crippen molar-refractivity contribution in [2.24, 2.45) is 4.99 Å². The second kappa shape index (κ2) is 13.6. The largest absolute Gasteiger partial charge is 0.375 e. The van der Waals surface area contributed by atoms with Crippen molar-refractivity contribution in [2.45, 2.75) is 32.0 Å². The first-order valence-corrected chi connectivity index (χ1v) is 10.2. The third-order valence-electron chi connectivity index (χ3n) is 5.05. The lowest BCUT2D eigenvalue weighted by atomic mass is 10.0. The van der Waals surface area contributed by atoms with Crippen molar-refractivity contribution in [1.29, 1.82) is 0 Å². The van der Waals surface area contributed by atoms with Crippen LogP contribution < -0.4 is 10.6 Å². The monoisotopic (exact) mass is 508 g/mol. The average molecular weight is 508 g/mol. The number of hydrogen-bond donors (Lipinski definition) is 2. The summed E-state index contributed by atoms with van der Waals surface area (Å²) in [6.45, 7) is 5.33. The quantitative estimate of drug-likeness (QED) is 0.248. The zero-order chi connectivity index (χ0) is 19.4. The Morgan fingerprint density at radius 2 is 1.62 bits per heavy atom. The summed E-state index contributed by atoms with van der Waals surface area (Å²) in [5.41, 5.74) is 2.59. The van der Waals surface area contributed by atoms with Crippen LogP contribution in [-0.4, -0.2) is 50.2 Å². The van der Waals surface area contributed by atoms with Crippen molar-refractivity contribution in [3.8, 4) is 0 Å². The number of ether oxygens (including phenoxy) is 1. The molecule has 0 aliphatic carbocycles. The lowest BCUT2D eigenvalue weighted by Gasteiger charge is -2.33. The Morgan fingerprint density at radius 3 is 2.24 bits per heavy atom. The van der Waals surface area contributed by atoms with Gasteiger partial charge >= 0.3 is 0 Å². The maximum Gasteiger partial charge on any atom is 0.191 e. The molecule has 29 heavy (non-hydrogen) atoms. The van der Waals surface area contributed by atoms with Crippen molar-refractivity contribution < 1.29 is 4.74 Å². The van der Waals surface area contributed by atoms with Crippen LogP contribution in [0.3, 0.4) is 0 Å². The number of nitrogens with zero attached hydrogens (tertiary/aromatic N) is 2. The number of hydrogen-bond acceptors (Lipinski definition) is 3. The van der Waals surface area contributed by atoms with Gasteiger partial charge in [-0.1, -0.05) is 60.7 Å². The average Bonchev–Trinajstić information content (AvgIpc) is 2.75. The van der Waals surface area contributed by atoms with E-state index in [2.05, 4.69) is 63.0 Å². The molecule has 3 rings (SSSR count). The summed E-state index contributed by atoms with van der Waals surface area (Å²) in [5, 5.41) is 6.91. The van der Waals surface area contributed by atoms with Gasteiger partial charge in [-0.25, -0.2) is 0 Å². The molecule has 0 radical (unpaired) electrons. The molecule has 1 fully saturated rings. The Morgan fingerprint density at radius 1 is 1.00 bits per heavy atom. The number of halogens is 1. The molecule has 0 spiro atoms. The van der Waals surface area contributed by atoms with Gasteiger partial charge in [0.05, 0.1) is 13.2 Å². The topological polar surface area (TPSA) is 48.9 Å². The Bertz CT molecular complexity index is 703. The number of aliphatic imine (C=N–C) groups is 1. The van der Waals surface area contributed by atoms with Gasteiger partial charge < -0.3 is 15.4 Å². The fraction of sp³-hybridized carbons (Fsp3) is 0.435. The van der Waals surface area contributed by atoms with Crippen LogP contribution in [0.5, 0.6) is 0 Å². The van der Waals surface area contributed by atoms with Crippen molar-refractivity contribution in [3.63, 3.8) is 0 Å². The molecule has 1 aliphatic heterocycles. The third-order valence-corrected chi connectivity index (χ3v) is 5.05. The molecule has 2 aromatic carbocycles. The van der Waals surface area contributed by atoms with Crippen LogP contribution in [0.25, 0.3) is 0 Å². The summed E-state index contributed by atoms with van der Waals surface area (Å²) in [6.07, 6.45) is 2.27. The van der Waals surface area contributed by atoms with Gasteiger partial charge in [-0.05, 0) is 24.0 Å². The molecule has 1 aliphatic rings. The smallest absolute Gasteiger partial charge is 0.191 e. The predicted octanol–water partition coefficient (Wildman–Crippen LogP) is 3.65. The van der Waals surface area contributed by atoms with Crippen molar-refractivity contribution in [1.82, 2.24) is 15.5 Å². The molecule has 0 saturated carbocycles. The molecule has 158 valence electrons. The molecule has 0 atom stereocenters. The SMILES string of the molecule is CN=C(NCCOCc1ccccc1)NC1CCN(Cc2ccccc2)CC1.I. The van der Waals surface area contributed by atoms with E-state index in [1.807, 2.05) is 25.2 Å². The zero-order valence-corrected chi connectivity index (χ0v) is 19.5. The molecule has 0 bridgehead atoms. The highest BCUT2D eigenvalue weighted by Crippen LogP contribution is 2.13. The molecule has 1 heterocycles. The fourth-order valence-electron chi connectivity index (χ4n) is 3.47. The Balaban J connectivity index is 0.00000300. The maximum absolute atomic E-state index is 5.72. The van der Waals surface area contributed by atoms with E-state index in [0.29, 0.717) is 19.3 Å². The lowest BCUT2D eigenvalue weighted by molar-refractivity contribution is 0.125. The standard InChI is InChI=1S/C23H32N4O.HI/c1-24-23(25-14-17-28-19-21-10-6-3-7-11-21)26-22-12-15-27(16-13-22)18-20-8-4-2-5-9-20;/h2-11,22H,12-19H2,1H3,(H2,24,25,26);1H. The van der Waals surface area contributed by atoms with Gasteiger partial charge in [-0.15, -0.1) is 24.0 Å². The second-order valence-corrected chi connectivity index (χ2v) is 7.22. The molecule has 2 N–H and O–H groups in total. The number of nitrogens with one attached hydrogen (secondary N) is 2. The van der Waals surface area contributed by atoms with E-state index in [9.17, 15) is 0 Å². The molecule has 0 amide bonds. The summed E-state index contributed by atoms with van der Waals surface area (Å²) in [7, 11) is 1.82. The molecular formula is C23H33IN4O. The third kappa shape index (κ3) is 8.72. The van der Waals surface area contributed by atoms with Crippen LogP contribution in [-0.2, 0) is 17.9 Å². The number of benzene rings is 2. The molecule has 6 heteroatoms. The van der Waals surface area contributed by atoms with Crippen molar-refractivity contribution in [3.05, 3.63) is 71.8 Å². The van der Waals surface area contributed by atoms with Gasteiger partial charge in [0.25, 0.3) is 0 Å². The van der Waals surface area contributed by atoms with Gasteiger partial charge in [-0.2, -0.15) is 0 Å². The van der Waals surface area contributed by atoms with Crippen molar-refractivity contribution >= 4 is 29.9 Å². The minimum atomic E-state index is 0. The molecule has 1 saturated heterocycles. The molecular weight excluding hydrogens is 475 g/mol. The highest BCUT2D eigenvalue weighted by atomic mass is 127. The summed E-state index contributed by atoms with van der Waals surface area (Å²) < 4.78 is 5.72. The van der Waals surface area contributed by atoms with Crippen LogP contribution in [0.15, 0.2) is 65.7 Å². The Kier molecular flexibility index (Phi) is 11.1. The molecule has 5 nitrogen and oxygen atoms in total. The normalized spacial score (nSPS) is 15.6. The molecule has 0 aromatic heterocycles. The first-order chi connectivity index (χ1) is 13.8. The van der Waals surface area contributed by atoms with Crippen molar-refractivity contribution in [2.75, 3.05) is 33.3 Å². The van der Waals surface area contributed by atoms with E-state index in [-0.39, 0.29) is 24.0 Å². The summed E-state index contributed by atoms with van der Waals surface area (Å²) in [5.74, 6) is 0.866. The number of piperidine rings is 1. The highest BCUT2D eigenvalue weighted by Gasteiger charge is 2.19. The van der Waals surface area contributed by atoms with Gasteiger partial charge in [-0.3, -0.25) is 9.89 Å². The Hall–Kier alpha value is -1.64. The minimum Gasteiger partial charge on any atom is -0.375 e. The van der Waals surface area contributed by atoms with E-state index >= 15 is 0 Å². The Labute approximate surface area is 192 Å². The van der Waals surface area contributed by atoms with Crippen LogP contribution in [0, 0.1) is 0 Å². The van der Waals surface area contributed by atoms with E-state index in [1.165, 1.54) is 11.1 Å². The van der Waals surface area contributed by atoms with Gasteiger partial charge in [0.1, 0.15) is 0 Å². The first-order valence-electron chi connectivity index (χ1n) is 10.2. The second-order valence-electron chi connectivity index (χ2n) is 7.22. The fourth-order valence-corrected chi connectivity index (χ4v) is 3.47. The predicted molar refractivity (Wildman–Crippen MR) is 131 cm³/mol. The van der Waals surface area contributed by atoms with E-state index in [1.54, 1.807) is 0 Å². The summed E-state index contributed by atoms with van der Waals surface area (Å²) in [4.78, 5) is 6.88. The zero-order valence-electron chi connectivity index (χ0n) is 17.2. The van der Waals surface area contributed by atoms with Gasteiger partial charge in [0.2, 0.25) is 0 Å². The molecule has 2 aromatic rings. The van der Waals surface area contributed by atoms with E-state index in [0.717, 1.165) is 45.0 Å². The molecule has 0 unspecified atom stereocenters.